The second-order valence-corrected chi connectivity index (χ2v) is 7.82. The lowest BCUT2D eigenvalue weighted by Gasteiger charge is -2.23. The number of nitrogens with zero attached hydrogens (tertiary/aromatic N) is 4. The van der Waals surface area contributed by atoms with Gasteiger partial charge in [0.15, 0.2) is 0 Å². The quantitative estimate of drug-likeness (QED) is 0.354. The largest absolute Gasteiger partial charge is 0.344 e. The molecule has 19 heavy (non-hydrogen) atoms. The molecule has 104 valence electrons. The topological polar surface area (TPSA) is 145 Å². The highest BCUT2D eigenvalue weighted by Gasteiger charge is 2.47. The Hall–Kier alpha value is -1.20. The fourth-order valence-electron chi connectivity index (χ4n) is 1.36. The monoisotopic (exact) mass is 306 g/mol. The molecule has 2 atom stereocenters. The number of hydrogen-bond donors (Lipinski definition) is 2. The van der Waals surface area contributed by atoms with Crippen LogP contribution in [-0.2, 0) is 13.7 Å². The molecule has 0 aliphatic carbocycles. The van der Waals surface area contributed by atoms with Crippen LogP contribution in [0.5, 0.6) is 0 Å². The Bertz CT molecular complexity index is 568. The highest BCUT2D eigenvalue weighted by molar-refractivity contribution is 7.78. The van der Waals surface area contributed by atoms with Gasteiger partial charge in [0, 0.05) is 11.1 Å². The number of azide groups is 1. The van der Waals surface area contributed by atoms with Gasteiger partial charge in [-0.2, -0.15) is 0 Å². The van der Waals surface area contributed by atoms with E-state index in [1.165, 1.54) is 25.3 Å². The number of pyridine rings is 1. The summed E-state index contributed by atoms with van der Waals surface area (Å²) < 4.78 is 29.1. The van der Waals surface area contributed by atoms with Crippen LogP contribution in [0.4, 0.5) is 0 Å². The second kappa shape index (κ2) is 6.30. The summed E-state index contributed by atoms with van der Waals surface area (Å²) in [5.74, 6) is 0. The third-order valence-electron chi connectivity index (χ3n) is 2.05. The SMILES string of the molecule is CCOP(=O)(c1ccccn1)C(N=[N+]=[N-])P(=O)(O)O. The van der Waals surface area contributed by atoms with Crippen molar-refractivity contribution < 1.29 is 23.4 Å². The minimum absolute atomic E-state index is 0.0781. The smallest absolute Gasteiger partial charge is 0.324 e. The van der Waals surface area contributed by atoms with Gasteiger partial charge in [0.25, 0.3) is 7.37 Å². The van der Waals surface area contributed by atoms with Crippen molar-refractivity contribution in [2.24, 2.45) is 5.11 Å². The maximum Gasteiger partial charge on any atom is 0.344 e. The minimum Gasteiger partial charge on any atom is -0.324 e. The van der Waals surface area contributed by atoms with E-state index in [2.05, 4.69) is 15.0 Å². The Morgan fingerprint density at radius 2 is 2.21 bits per heavy atom. The van der Waals surface area contributed by atoms with Crippen LogP contribution in [0.3, 0.4) is 0 Å². The first-order valence-corrected chi connectivity index (χ1v) is 8.49. The Kier molecular flexibility index (Phi) is 5.26. The van der Waals surface area contributed by atoms with Crippen LogP contribution in [0, 0.1) is 0 Å². The summed E-state index contributed by atoms with van der Waals surface area (Å²) in [6, 6.07) is 4.33. The van der Waals surface area contributed by atoms with E-state index >= 15 is 0 Å². The summed E-state index contributed by atoms with van der Waals surface area (Å²) in [7, 11) is -9.07. The highest BCUT2D eigenvalue weighted by atomic mass is 31.2. The van der Waals surface area contributed by atoms with Gasteiger partial charge in [-0.1, -0.05) is 11.2 Å². The van der Waals surface area contributed by atoms with E-state index in [-0.39, 0.29) is 12.0 Å². The lowest BCUT2D eigenvalue weighted by atomic mass is 10.5. The van der Waals surface area contributed by atoms with Gasteiger partial charge in [0.1, 0.15) is 5.44 Å². The van der Waals surface area contributed by atoms with E-state index in [4.69, 9.17) is 10.1 Å². The van der Waals surface area contributed by atoms with Crippen molar-refractivity contribution in [1.82, 2.24) is 4.98 Å². The van der Waals surface area contributed by atoms with Gasteiger partial charge in [0.2, 0.25) is 5.52 Å². The molecule has 1 heterocycles. The molecule has 0 spiro atoms. The zero-order chi connectivity index (χ0) is 14.5. The lowest BCUT2D eigenvalue weighted by molar-refractivity contribution is 0.326. The Labute approximate surface area is 108 Å². The highest BCUT2D eigenvalue weighted by Crippen LogP contribution is 2.64. The molecule has 0 fully saturated rings. The molecule has 1 aromatic heterocycles. The van der Waals surface area contributed by atoms with Crippen LogP contribution >= 0.6 is 15.0 Å². The molecule has 11 heteroatoms. The van der Waals surface area contributed by atoms with E-state index in [0.717, 1.165) is 0 Å². The van der Waals surface area contributed by atoms with Gasteiger partial charge in [-0.15, -0.1) is 0 Å². The average Bonchev–Trinajstić information content (AvgIpc) is 2.36. The lowest BCUT2D eigenvalue weighted by Crippen LogP contribution is -2.20. The summed E-state index contributed by atoms with van der Waals surface area (Å²) in [5, 5.41) is 2.95. The van der Waals surface area contributed by atoms with Crippen molar-refractivity contribution in [3.8, 4) is 0 Å². The number of rotatable bonds is 6. The predicted molar refractivity (Wildman–Crippen MR) is 68.1 cm³/mol. The van der Waals surface area contributed by atoms with Crippen molar-refractivity contribution in [3.05, 3.63) is 34.8 Å². The Morgan fingerprint density at radius 3 is 2.63 bits per heavy atom. The van der Waals surface area contributed by atoms with Crippen LogP contribution in [0.2, 0.25) is 0 Å². The molecular formula is C8H12N4O5P2. The molecule has 0 saturated heterocycles. The summed E-state index contributed by atoms with van der Waals surface area (Å²) in [5.41, 5.74) is 6.12. The first-order valence-electron chi connectivity index (χ1n) is 5.11. The molecule has 0 aliphatic heterocycles. The first kappa shape index (κ1) is 15.9. The molecule has 0 radical (unpaired) electrons. The Balaban J connectivity index is 3.44. The fourth-order valence-corrected chi connectivity index (χ4v) is 5.27. The van der Waals surface area contributed by atoms with Crippen LogP contribution in [0.1, 0.15) is 6.92 Å². The zero-order valence-corrected chi connectivity index (χ0v) is 11.7. The third kappa shape index (κ3) is 3.64. The standard InChI is InChI=1S/C8H12N4O5P2/c1-2-17-18(13,7-5-3-4-6-10-7)8(11-12-9)19(14,15)16/h3-6,8H,2H2,1H3,(H2,14,15,16). The van der Waals surface area contributed by atoms with Crippen molar-refractivity contribution in [2.45, 2.75) is 12.4 Å². The van der Waals surface area contributed by atoms with Crippen molar-refractivity contribution in [1.29, 1.82) is 0 Å². The van der Waals surface area contributed by atoms with Crippen LogP contribution in [0.25, 0.3) is 10.4 Å². The molecule has 2 unspecified atom stereocenters. The average molecular weight is 306 g/mol. The normalized spacial score (nSPS) is 16.2. The van der Waals surface area contributed by atoms with Gasteiger partial charge in [-0.05, 0) is 24.6 Å². The van der Waals surface area contributed by atoms with Gasteiger partial charge < -0.3 is 14.3 Å². The van der Waals surface area contributed by atoms with Gasteiger partial charge in [-0.3, -0.25) is 14.1 Å². The van der Waals surface area contributed by atoms with Crippen LogP contribution in [0.15, 0.2) is 29.5 Å². The second-order valence-electron chi connectivity index (χ2n) is 3.34. The van der Waals surface area contributed by atoms with Crippen molar-refractivity contribution in [2.75, 3.05) is 6.61 Å². The maximum atomic E-state index is 12.7. The van der Waals surface area contributed by atoms with E-state index < -0.39 is 20.5 Å². The molecule has 0 bridgehead atoms. The van der Waals surface area contributed by atoms with Crippen molar-refractivity contribution >= 4 is 20.4 Å². The van der Waals surface area contributed by atoms with Gasteiger partial charge in [-0.25, -0.2) is 0 Å². The van der Waals surface area contributed by atoms with E-state index in [0.29, 0.717) is 0 Å². The summed E-state index contributed by atoms with van der Waals surface area (Å²) in [6.07, 6.45) is 1.30. The number of aromatic nitrogens is 1. The Morgan fingerprint density at radius 1 is 1.53 bits per heavy atom. The number of hydrogen-bond acceptors (Lipinski definition) is 5. The molecule has 2 N–H and O–H groups in total. The summed E-state index contributed by atoms with van der Waals surface area (Å²) >= 11 is 0. The third-order valence-corrected chi connectivity index (χ3v) is 6.83. The molecular weight excluding hydrogens is 294 g/mol. The van der Waals surface area contributed by atoms with Crippen molar-refractivity contribution in [3.63, 3.8) is 0 Å². The van der Waals surface area contributed by atoms with Crippen LogP contribution in [-0.4, -0.2) is 26.9 Å². The summed E-state index contributed by atoms with van der Waals surface area (Å²) in [6.45, 7) is 1.42. The fraction of sp³-hybridized carbons (Fsp3) is 0.375. The molecule has 0 aromatic carbocycles. The van der Waals surface area contributed by atoms with E-state index in [1.54, 1.807) is 6.07 Å². The molecule has 1 rings (SSSR count). The summed E-state index contributed by atoms with van der Waals surface area (Å²) in [4.78, 5) is 24.5. The van der Waals surface area contributed by atoms with Gasteiger partial charge >= 0.3 is 7.60 Å². The molecule has 1 aromatic rings. The first-order chi connectivity index (χ1) is 8.86. The zero-order valence-electron chi connectivity index (χ0n) is 9.90. The van der Waals surface area contributed by atoms with Crippen LogP contribution < -0.4 is 5.44 Å². The predicted octanol–water partition coefficient (Wildman–Crippen LogP) is 1.79. The van der Waals surface area contributed by atoms with E-state index in [1.807, 2.05) is 0 Å². The molecule has 0 saturated carbocycles. The minimum atomic E-state index is -4.96. The molecule has 0 aliphatic rings. The van der Waals surface area contributed by atoms with E-state index in [9.17, 15) is 18.9 Å². The van der Waals surface area contributed by atoms with Gasteiger partial charge in [0.05, 0.1) is 6.61 Å². The maximum absolute atomic E-state index is 12.7. The molecule has 0 amide bonds. The molecule has 9 nitrogen and oxygen atoms in total.